The molecule has 2 aromatic heterocycles. The summed E-state index contributed by atoms with van der Waals surface area (Å²) >= 11 is 2.20. The molecule has 0 aromatic carbocycles. The van der Waals surface area contributed by atoms with E-state index in [1.807, 2.05) is 0 Å². The van der Waals surface area contributed by atoms with Crippen molar-refractivity contribution in [2.75, 3.05) is 6.54 Å². The summed E-state index contributed by atoms with van der Waals surface area (Å²) in [4.78, 5) is 16.5. The Labute approximate surface area is 129 Å². The van der Waals surface area contributed by atoms with E-state index in [1.165, 1.54) is 6.42 Å². The van der Waals surface area contributed by atoms with Crippen molar-refractivity contribution >= 4 is 39.5 Å². The molecule has 1 aliphatic carbocycles. The molecule has 1 saturated carbocycles. The van der Waals surface area contributed by atoms with Gasteiger partial charge in [-0.3, -0.25) is 4.79 Å². The molecule has 0 spiro atoms. The number of hydrogen-bond acceptors (Lipinski definition) is 4. The van der Waals surface area contributed by atoms with Gasteiger partial charge in [0.2, 0.25) is 0 Å². The second kappa shape index (κ2) is 4.70. The highest BCUT2D eigenvalue weighted by Crippen LogP contribution is 2.31. The highest BCUT2D eigenvalue weighted by Gasteiger charge is 2.40. The van der Waals surface area contributed by atoms with Gasteiger partial charge in [-0.2, -0.15) is 0 Å². The molecule has 20 heavy (non-hydrogen) atoms. The summed E-state index contributed by atoms with van der Waals surface area (Å²) in [6.07, 6.45) is 5.50. The molecule has 5 nitrogen and oxygen atoms in total. The summed E-state index contributed by atoms with van der Waals surface area (Å²) < 4.78 is 6.35. The minimum Gasteiger partial charge on any atom is -0.462 e. The first-order valence-electron chi connectivity index (χ1n) is 6.77. The third-order valence-corrected chi connectivity index (χ3v) is 5.16. The fourth-order valence-corrected chi connectivity index (χ4v) is 3.83. The van der Waals surface area contributed by atoms with E-state index in [2.05, 4.69) is 38.2 Å². The lowest BCUT2D eigenvalue weighted by atomic mass is 10.0. The minimum absolute atomic E-state index is 0.0820. The predicted octanol–water partition coefficient (Wildman–Crippen LogP) is 1.91. The van der Waals surface area contributed by atoms with Gasteiger partial charge in [-0.1, -0.05) is 0 Å². The predicted molar refractivity (Wildman–Crippen MR) is 82.5 cm³/mol. The topological polar surface area (TPSA) is 67.2 Å². The maximum Gasteiger partial charge on any atom is 0.270 e. The highest BCUT2D eigenvalue weighted by atomic mass is 127. The molecule has 1 saturated heterocycles. The zero-order chi connectivity index (χ0) is 13.7. The average Bonchev–Trinajstić information content (AvgIpc) is 3.15. The molecule has 0 radical (unpaired) electrons. The third-order valence-electron chi connectivity index (χ3n) is 4.33. The first kappa shape index (κ1) is 12.6. The van der Waals surface area contributed by atoms with Crippen LogP contribution in [-0.2, 0) is 0 Å². The van der Waals surface area contributed by atoms with E-state index in [4.69, 9.17) is 4.42 Å². The fraction of sp³-hybridized carbons (Fsp3) is 0.429. The van der Waals surface area contributed by atoms with Crippen LogP contribution in [0.5, 0.6) is 0 Å². The van der Waals surface area contributed by atoms with Gasteiger partial charge < -0.3 is 15.1 Å². The Kier molecular flexibility index (Phi) is 2.95. The van der Waals surface area contributed by atoms with Gasteiger partial charge in [0, 0.05) is 24.0 Å². The van der Waals surface area contributed by atoms with Crippen LogP contribution in [0.4, 0.5) is 0 Å². The summed E-state index contributed by atoms with van der Waals surface area (Å²) in [5, 5.41) is 7.52. The molecule has 4 rings (SSSR count). The Bertz CT molecular complexity index is 684. The lowest BCUT2D eigenvalue weighted by molar-refractivity contribution is 0.0920. The molecule has 2 N–H and O–H groups in total. The lowest BCUT2D eigenvalue weighted by Gasteiger charge is -2.23. The van der Waals surface area contributed by atoms with Crippen LogP contribution in [0.25, 0.3) is 11.0 Å². The molecule has 2 aliphatic rings. The van der Waals surface area contributed by atoms with Crippen LogP contribution in [0.1, 0.15) is 23.3 Å². The van der Waals surface area contributed by atoms with Crippen LogP contribution < -0.4 is 10.6 Å². The van der Waals surface area contributed by atoms with Crippen molar-refractivity contribution < 1.29 is 9.21 Å². The first-order chi connectivity index (χ1) is 9.70. The summed E-state index contributed by atoms with van der Waals surface area (Å²) in [7, 11) is 0. The molecular weight excluding hydrogens is 369 g/mol. The van der Waals surface area contributed by atoms with Crippen molar-refractivity contribution in [2.24, 2.45) is 5.92 Å². The molecule has 2 bridgehead atoms. The molecule has 3 unspecified atom stereocenters. The Balaban J connectivity index is 1.56. The Morgan fingerprint density at radius 3 is 3.15 bits per heavy atom. The molecule has 2 aromatic rings. The monoisotopic (exact) mass is 383 g/mol. The van der Waals surface area contributed by atoms with Crippen molar-refractivity contribution in [1.82, 2.24) is 15.6 Å². The number of fused-ring (bicyclic) bond motifs is 3. The molecule has 3 atom stereocenters. The number of rotatable bonds is 2. The molecule has 104 valence electrons. The number of nitrogens with zero attached hydrogens (tertiary/aromatic N) is 1. The van der Waals surface area contributed by atoms with Crippen molar-refractivity contribution in [3.05, 3.63) is 27.8 Å². The zero-order valence-electron chi connectivity index (χ0n) is 10.7. The summed E-state index contributed by atoms with van der Waals surface area (Å²) in [6, 6.07) is 2.67. The van der Waals surface area contributed by atoms with E-state index in [-0.39, 0.29) is 11.9 Å². The Morgan fingerprint density at radius 2 is 2.40 bits per heavy atom. The lowest BCUT2D eigenvalue weighted by Crippen LogP contribution is -2.44. The molecule has 1 aliphatic heterocycles. The molecule has 6 heteroatoms. The smallest absolute Gasteiger partial charge is 0.270 e. The van der Waals surface area contributed by atoms with Gasteiger partial charge in [-0.25, -0.2) is 4.98 Å². The molecular formula is C14H14IN3O2. The van der Waals surface area contributed by atoms with Crippen molar-refractivity contribution in [3.8, 4) is 0 Å². The second-order valence-electron chi connectivity index (χ2n) is 5.57. The van der Waals surface area contributed by atoms with Crippen LogP contribution in [0.3, 0.4) is 0 Å². The van der Waals surface area contributed by atoms with E-state index in [1.54, 1.807) is 18.5 Å². The number of aromatic nitrogens is 1. The number of piperidine rings is 1. The number of halogens is 1. The third kappa shape index (κ3) is 2.01. The summed E-state index contributed by atoms with van der Waals surface area (Å²) in [5.74, 6) is 0.489. The van der Waals surface area contributed by atoms with Crippen LogP contribution in [-0.4, -0.2) is 29.5 Å². The van der Waals surface area contributed by atoms with Crippen LogP contribution in [0, 0.1) is 9.49 Å². The SMILES string of the molecule is O=C(NC1CC2CC1CN2)c1cc2c(I)coc2cn1. The maximum atomic E-state index is 12.3. The quantitative estimate of drug-likeness (QED) is 0.778. The normalized spacial score (nSPS) is 28.1. The first-order valence-corrected chi connectivity index (χ1v) is 7.85. The van der Waals surface area contributed by atoms with Gasteiger partial charge in [-0.15, -0.1) is 0 Å². The molecule has 1 amide bonds. The van der Waals surface area contributed by atoms with Gasteiger partial charge in [-0.05, 0) is 47.4 Å². The van der Waals surface area contributed by atoms with Gasteiger partial charge >= 0.3 is 0 Å². The van der Waals surface area contributed by atoms with E-state index in [9.17, 15) is 4.79 Å². The summed E-state index contributed by atoms with van der Waals surface area (Å²) in [6.45, 7) is 1.02. The number of amides is 1. The van der Waals surface area contributed by atoms with Gasteiger partial charge in [0.1, 0.15) is 12.0 Å². The number of pyridine rings is 1. The number of nitrogens with one attached hydrogen (secondary N) is 2. The van der Waals surface area contributed by atoms with Gasteiger partial charge in [0.05, 0.1) is 9.77 Å². The fourth-order valence-electron chi connectivity index (χ4n) is 3.28. The van der Waals surface area contributed by atoms with Crippen LogP contribution in [0.15, 0.2) is 22.9 Å². The average molecular weight is 383 g/mol. The van der Waals surface area contributed by atoms with Crippen molar-refractivity contribution in [1.29, 1.82) is 0 Å². The van der Waals surface area contributed by atoms with Crippen LogP contribution in [0.2, 0.25) is 0 Å². The zero-order valence-corrected chi connectivity index (χ0v) is 12.9. The summed E-state index contributed by atoms with van der Waals surface area (Å²) in [5.41, 5.74) is 1.18. The van der Waals surface area contributed by atoms with E-state index < -0.39 is 0 Å². The van der Waals surface area contributed by atoms with E-state index in [0.29, 0.717) is 17.7 Å². The van der Waals surface area contributed by atoms with Crippen LogP contribution >= 0.6 is 22.6 Å². The second-order valence-corrected chi connectivity index (χ2v) is 6.73. The van der Waals surface area contributed by atoms with E-state index >= 15 is 0 Å². The maximum absolute atomic E-state index is 12.3. The standard InChI is InChI=1S/C14H14IN3O2/c15-10-6-20-13-5-17-12(3-9(10)13)14(19)18-11-2-8-1-7(11)4-16-8/h3,5-8,11,16H,1-2,4H2,(H,18,19). The molecule has 3 heterocycles. The number of furan rings is 1. The largest absolute Gasteiger partial charge is 0.462 e. The molecule has 2 fully saturated rings. The van der Waals surface area contributed by atoms with E-state index in [0.717, 1.165) is 27.5 Å². The van der Waals surface area contributed by atoms with Gasteiger partial charge in [0.25, 0.3) is 5.91 Å². The number of hydrogen-bond donors (Lipinski definition) is 2. The Morgan fingerprint density at radius 1 is 1.50 bits per heavy atom. The van der Waals surface area contributed by atoms with Crippen molar-refractivity contribution in [2.45, 2.75) is 24.9 Å². The van der Waals surface area contributed by atoms with Gasteiger partial charge in [0.15, 0.2) is 5.58 Å². The number of carbonyl (C=O) groups excluding carboxylic acids is 1. The Hall–Kier alpha value is -1.15. The van der Waals surface area contributed by atoms with Crippen molar-refractivity contribution in [3.63, 3.8) is 0 Å². The highest BCUT2D eigenvalue weighted by molar-refractivity contribution is 14.1. The minimum atomic E-state index is -0.0820. The number of carbonyl (C=O) groups is 1.